The van der Waals surface area contributed by atoms with Crippen LogP contribution in [0.2, 0.25) is 5.15 Å². The Kier molecular flexibility index (Phi) is 5.20. The van der Waals surface area contributed by atoms with Crippen LogP contribution in [0.25, 0.3) is 5.69 Å². The Morgan fingerprint density at radius 1 is 1.33 bits per heavy atom. The number of nitrogens with one attached hydrogen (secondary N) is 1. The lowest BCUT2D eigenvalue weighted by atomic mass is 9.94. The van der Waals surface area contributed by atoms with Crippen molar-refractivity contribution in [1.29, 1.82) is 0 Å². The molecule has 24 heavy (non-hydrogen) atoms. The molecule has 1 aromatic carbocycles. The molecule has 0 bridgehead atoms. The van der Waals surface area contributed by atoms with E-state index in [-0.39, 0.29) is 5.82 Å². The van der Waals surface area contributed by atoms with Crippen LogP contribution in [0.3, 0.4) is 0 Å². The number of hydrogen-bond donors (Lipinski definition) is 2. The van der Waals surface area contributed by atoms with E-state index in [1.165, 1.54) is 12.1 Å². The standard InChI is InChI=1S/C17H21ClFN3O2/c1-12-15(10-20-11-17(23)6-8-24-9-7-17)16(18)22(21-12)14-4-2-13(19)3-5-14/h2-5,20,23H,6-11H2,1H3. The number of halogens is 2. The molecule has 7 heteroatoms. The first-order valence-electron chi connectivity index (χ1n) is 7.99. The van der Waals surface area contributed by atoms with Gasteiger partial charge in [0.15, 0.2) is 0 Å². The zero-order chi connectivity index (χ0) is 17.2. The molecule has 1 saturated heterocycles. The Bertz CT molecular complexity index is 697. The van der Waals surface area contributed by atoms with Crippen LogP contribution in [0.15, 0.2) is 24.3 Å². The molecule has 1 fully saturated rings. The molecule has 130 valence electrons. The van der Waals surface area contributed by atoms with Gasteiger partial charge in [-0.05, 0) is 31.2 Å². The third-order valence-corrected chi connectivity index (χ3v) is 4.76. The second-order valence-corrected chi connectivity index (χ2v) is 6.54. The summed E-state index contributed by atoms with van der Waals surface area (Å²) < 4.78 is 19.9. The smallest absolute Gasteiger partial charge is 0.137 e. The first-order valence-corrected chi connectivity index (χ1v) is 8.37. The van der Waals surface area contributed by atoms with Gasteiger partial charge in [-0.15, -0.1) is 0 Å². The molecule has 1 aliphatic rings. The Balaban J connectivity index is 1.69. The largest absolute Gasteiger partial charge is 0.388 e. The molecule has 0 unspecified atom stereocenters. The fourth-order valence-corrected chi connectivity index (χ4v) is 3.17. The molecular weight excluding hydrogens is 333 g/mol. The van der Waals surface area contributed by atoms with Crippen LogP contribution in [0.1, 0.15) is 24.1 Å². The summed E-state index contributed by atoms with van der Waals surface area (Å²) in [7, 11) is 0. The van der Waals surface area contributed by atoms with E-state index in [4.69, 9.17) is 16.3 Å². The van der Waals surface area contributed by atoms with Crippen molar-refractivity contribution in [3.63, 3.8) is 0 Å². The van der Waals surface area contributed by atoms with E-state index in [0.717, 1.165) is 11.3 Å². The molecule has 1 aliphatic heterocycles. The normalized spacial score (nSPS) is 17.2. The molecule has 5 nitrogen and oxygen atoms in total. The minimum atomic E-state index is -0.731. The molecule has 0 amide bonds. The Hall–Kier alpha value is -1.47. The molecule has 0 radical (unpaired) electrons. The SMILES string of the molecule is Cc1nn(-c2ccc(F)cc2)c(Cl)c1CNCC1(O)CCOCC1. The first kappa shape index (κ1) is 17.4. The summed E-state index contributed by atoms with van der Waals surface area (Å²) in [6.45, 7) is 4.04. The maximum atomic E-state index is 13.1. The van der Waals surface area contributed by atoms with Crippen LogP contribution < -0.4 is 5.32 Å². The van der Waals surface area contributed by atoms with E-state index in [1.54, 1.807) is 16.8 Å². The highest BCUT2D eigenvalue weighted by Gasteiger charge is 2.29. The zero-order valence-corrected chi connectivity index (χ0v) is 14.3. The lowest BCUT2D eigenvalue weighted by Crippen LogP contribution is -2.44. The fourth-order valence-electron chi connectivity index (χ4n) is 2.83. The minimum Gasteiger partial charge on any atom is -0.388 e. The van der Waals surface area contributed by atoms with Crippen LogP contribution in [0, 0.1) is 12.7 Å². The number of nitrogens with zero attached hydrogens (tertiary/aromatic N) is 2. The summed E-state index contributed by atoms with van der Waals surface area (Å²) in [5.41, 5.74) is 1.65. The number of hydrogen-bond acceptors (Lipinski definition) is 4. The number of aromatic nitrogens is 2. The average molecular weight is 354 g/mol. The van der Waals surface area contributed by atoms with Crippen LogP contribution >= 0.6 is 11.6 Å². The third-order valence-electron chi connectivity index (χ3n) is 4.37. The van der Waals surface area contributed by atoms with E-state index in [0.29, 0.717) is 50.0 Å². The third kappa shape index (κ3) is 3.78. The Morgan fingerprint density at radius 2 is 2.00 bits per heavy atom. The zero-order valence-electron chi connectivity index (χ0n) is 13.6. The van der Waals surface area contributed by atoms with Crippen molar-refractivity contribution in [1.82, 2.24) is 15.1 Å². The highest BCUT2D eigenvalue weighted by molar-refractivity contribution is 6.30. The monoisotopic (exact) mass is 353 g/mol. The second-order valence-electron chi connectivity index (χ2n) is 6.18. The Morgan fingerprint density at radius 3 is 2.67 bits per heavy atom. The number of aliphatic hydroxyl groups is 1. The molecule has 1 aromatic heterocycles. The van der Waals surface area contributed by atoms with E-state index in [9.17, 15) is 9.50 Å². The van der Waals surface area contributed by atoms with Crippen molar-refractivity contribution in [2.24, 2.45) is 0 Å². The molecule has 3 rings (SSSR count). The van der Waals surface area contributed by atoms with Gasteiger partial charge in [0.05, 0.1) is 17.0 Å². The molecule has 0 saturated carbocycles. The molecule has 0 atom stereocenters. The van der Waals surface area contributed by atoms with Gasteiger partial charge >= 0.3 is 0 Å². The van der Waals surface area contributed by atoms with Gasteiger partial charge in [0, 0.05) is 44.7 Å². The maximum Gasteiger partial charge on any atom is 0.137 e. The molecule has 0 aliphatic carbocycles. The van der Waals surface area contributed by atoms with E-state index in [1.807, 2.05) is 6.92 Å². The summed E-state index contributed by atoms with van der Waals surface area (Å²) in [6.07, 6.45) is 1.25. The highest BCUT2D eigenvalue weighted by atomic mass is 35.5. The van der Waals surface area contributed by atoms with Crippen molar-refractivity contribution < 1.29 is 14.2 Å². The first-order chi connectivity index (χ1) is 11.5. The predicted octanol–water partition coefficient (Wildman–Crippen LogP) is 2.60. The predicted molar refractivity (Wildman–Crippen MR) is 90.0 cm³/mol. The lowest BCUT2D eigenvalue weighted by molar-refractivity contribution is -0.0617. The maximum absolute atomic E-state index is 13.1. The number of aryl methyl sites for hydroxylation is 1. The number of benzene rings is 1. The lowest BCUT2D eigenvalue weighted by Gasteiger charge is -2.32. The molecule has 2 aromatic rings. The summed E-state index contributed by atoms with van der Waals surface area (Å²) >= 11 is 6.44. The van der Waals surface area contributed by atoms with Gasteiger partial charge < -0.3 is 15.2 Å². The van der Waals surface area contributed by atoms with E-state index >= 15 is 0 Å². The van der Waals surface area contributed by atoms with Gasteiger partial charge in [-0.2, -0.15) is 5.10 Å². The molecular formula is C17H21ClFN3O2. The molecule has 2 heterocycles. The molecule has 0 spiro atoms. The van der Waals surface area contributed by atoms with Crippen molar-refractivity contribution in [3.05, 3.63) is 46.5 Å². The van der Waals surface area contributed by atoms with Gasteiger partial charge in [0.2, 0.25) is 0 Å². The van der Waals surface area contributed by atoms with Crippen LogP contribution in [0.4, 0.5) is 4.39 Å². The van der Waals surface area contributed by atoms with Gasteiger partial charge in [0.25, 0.3) is 0 Å². The summed E-state index contributed by atoms with van der Waals surface area (Å²) in [5.74, 6) is -0.301. The summed E-state index contributed by atoms with van der Waals surface area (Å²) in [4.78, 5) is 0. The quantitative estimate of drug-likeness (QED) is 0.867. The second kappa shape index (κ2) is 7.19. The van der Waals surface area contributed by atoms with Crippen molar-refractivity contribution in [2.45, 2.75) is 31.9 Å². The number of ether oxygens (including phenoxy) is 1. The van der Waals surface area contributed by atoms with Gasteiger partial charge in [-0.1, -0.05) is 11.6 Å². The average Bonchev–Trinajstić information content (AvgIpc) is 2.84. The minimum absolute atomic E-state index is 0.301. The van der Waals surface area contributed by atoms with E-state index < -0.39 is 5.60 Å². The fraction of sp³-hybridized carbons (Fsp3) is 0.471. The number of rotatable bonds is 5. The van der Waals surface area contributed by atoms with Gasteiger partial charge in [-0.25, -0.2) is 9.07 Å². The topological polar surface area (TPSA) is 59.3 Å². The Labute approximate surface area is 145 Å². The van der Waals surface area contributed by atoms with Crippen LogP contribution in [-0.2, 0) is 11.3 Å². The van der Waals surface area contributed by atoms with Crippen molar-refractivity contribution in [3.8, 4) is 5.69 Å². The van der Waals surface area contributed by atoms with Crippen LogP contribution in [0.5, 0.6) is 0 Å². The van der Waals surface area contributed by atoms with Crippen LogP contribution in [-0.4, -0.2) is 40.2 Å². The van der Waals surface area contributed by atoms with Crippen molar-refractivity contribution >= 4 is 11.6 Å². The highest BCUT2D eigenvalue weighted by Crippen LogP contribution is 2.24. The van der Waals surface area contributed by atoms with Gasteiger partial charge in [0.1, 0.15) is 11.0 Å². The van der Waals surface area contributed by atoms with E-state index in [2.05, 4.69) is 10.4 Å². The molecule has 2 N–H and O–H groups in total. The van der Waals surface area contributed by atoms with Gasteiger partial charge in [-0.3, -0.25) is 0 Å². The van der Waals surface area contributed by atoms with Crippen molar-refractivity contribution in [2.75, 3.05) is 19.8 Å². The summed E-state index contributed by atoms with van der Waals surface area (Å²) in [5, 5.41) is 18.7. The summed E-state index contributed by atoms with van der Waals surface area (Å²) in [6, 6.07) is 6.02.